The molecule has 0 radical (unpaired) electrons. The first kappa shape index (κ1) is 16.5. The Morgan fingerprint density at radius 2 is 1.88 bits per heavy atom. The third kappa shape index (κ3) is 3.13. The number of halogens is 2. The van der Waals surface area contributed by atoms with E-state index < -0.39 is 18.2 Å². The molecule has 1 N–H and O–H groups in total. The van der Waals surface area contributed by atoms with Gasteiger partial charge in [0.15, 0.2) is 6.10 Å². The van der Waals surface area contributed by atoms with Crippen LogP contribution in [0.1, 0.15) is 23.3 Å². The van der Waals surface area contributed by atoms with E-state index in [1.807, 2.05) is 24.3 Å². The van der Waals surface area contributed by atoms with Crippen molar-refractivity contribution in [2.45, 2.75) is 12.1 Å². The van der Waals surface area contributed by atoms with Crippen molar-refractivity contribution in [1.29, 1.82) is 0 Å². The van der Waals surface area contributed by atoms with Gasteiger partial charge in [0, 0.05) is 28.5 Å². The second-order valence-corrected chi connectivity index (χ2v) is 6.40. The van der Waals surface area contributed by atoms with E-state index in [4.69, 9.17) is 16.3 Å². The summed E-state index contributed by atoms with van der Waals surface area (Å²) < 4.78 is 19.0. The molecule has 1 fully saturated rings. The van der Waals surface area contributed by atoms with Gasteiger partial charge in [-0.3, -0.25) is 4.98 Å². The highest BCUT2D eigenvalue weighted by atomic mass is 35.5. The first-order valence-corrected chi connectivity index (χ1v) is 8.42. The van der Waals surface area contributed by atoms with Gasteiger partial charge in [-0.25, -0.2) is 9.18 Å². The van der Waals surface area contributed by atoms with Gasteiger partial charge in [-0.05, 0) is 35.4 Å². The molecule has 3 aromatic rings. The third-order valence-electron chi connectivity index (χ3n) is 4.29. The molecule has 1 aromatic heterocycles. The SMILES string of the molecule is O=C1N[C@H](c2cncc(-c3ccccc3Cl)c2)C(c2cccc(F)c2)O1. The molecule has 0 bridgehead atoms. The third-order valence-corrected chi connectivity index (χ3v) is 4.62. The van der Waals surface area contributed by atoms with Crippen LogP contribution in [-0.4, -0.2) is 11.1 Å². The summed E-state index contributed by atoms with van der Waals surface area (Å²) in [5, 5.41) is 3.39. The van der Waals surface area contributed by atoms with Crippen LogP contribution in [0.4, 0.5) is 9.18 Å². The van der Waals surface area contributed by atoms with Crippen LogP contribution in [0.2, 0.25) is 5.02 Å². The molecule has 1 saturated heterocycles. The maximum Gasteiger partial charge on any atom is 0.408 e. The van der Waals surface area contributed by atoms with Crippen LogP contribution in [0.3, 0.4) is 0 Å². The van der Waals surface area contributed by atoms with E-state index in [0.29, 0.717) is 10.6 Å². The zero-order chi connectivity index (χ0) is 18.1. The Morgan fingerprint density at radius 1 is 1.04 bits per heavy atom. The minimum absolute atomic E-state index is 0.382. The highest BCUT2D eigenvalue weighted by Gasteiger charge is 2.36. The van der Waals surface area contributed by atoms with E-state index in [1.165, 1.54) is 12.1 Å². The van der Waals surface area contributed by atoms with Crippen LogP contribution >= 0.6 is 11.6 Å². The monoisotopic (exact) mass is 368 g/mol. The topological polar surface area (TPSA) is 51.2 Å². The van der Waals surface area contributed by atoms with Gasteiger partial charge in [-0.2, -0.15) is 0 Å². The summed E-state index contributed by atoms with van der Waals surface area (Å²) >= 11 is 6.27. The second-order valence-electron chi connectivity index (χ2n) is 5.99. The fourth-order valence-electron chi connectivity index (χ4n) is 3.09. The molecular weight excluding hydrogens is 355 g/mol. The van der Waals surface area contributed by atoms with Gasteiger partial charge in [-0.1, -0.05) is 41.9 Å². The van der Waals surface area contributed by atoms with Crippen molar-refractivity contribution in [2.75, 3.05) is 0 Å². The normalized spacial score (nSPS) is 19.1. The number of amides is 1. The van der Waals surface area contributed by atoms with Gasteiger partial charge in [0.2, 0.25) is 0 Å². The van der Waals surface area contributed by atoms with Crippen LogP contribution in [-0.2, 0) is 4.74 Å². The summed E-state index contributed by atoms with van der Waals surface area (Å²) in [6, 6.07) is 14.9. The highest BCUT2D eigenvalue weighted by Crippen LogP contribution is 2.38. The molecule has 26 heavy (non-hydrogen) atoms. The van der Waals surface area contributed by atoms with E-state index in [-0.39, 0.29) is 5.82 Å². The zero-order valence-electron chi connectivity index (χ0n) is 13.5. The average Bonchev–Trinajstić information content (AvgIpc) is 3.04. The van der Waals surface area contributed by atoms with Crippen molar-refractivity contribution in [1.82, 2.24) is 10.3 Å². The largest absolute Gasteiger partial charge is 0.439 e. The van der Waals surface area contributed by atoms with E-state index in [2.05, 4.69) is 10.3 Å². The predicted octanol–water partition coefficient (Wildman–Crippen LogP) is 5.06. The molecule has 0 saturated carbocycles. The Balaban J connectivity index is 1.73. The number of hydrogen-bond donors (Lipinski definition) is 1. The number of ether oxygens (including phenoxy) is 1. The highest BCUT2D eigenvalue weighted by molar-refractivity contribution is 6.33. The first-order valence-electron chi connectivity index (χ1n) is 8.04. The van der Waals surface area contributed by atoms with Crippen LogP contribution in [0, 0.1) is 5.82 Å². The molecule has 4 nitrogen and oxygen atoms in total. The van der Waals surface area contributed by atoms with E-state index in [0.717, 1.165) is 16.7 Å². The van der Waals surface area contributed by atoms with E-state index in [9.17, 15) is 9.18 Å². The van der Waals surface area contributed by atoms with Gasteiger partial charge in [0.1, 0.15) is 11.9 Å². The molecule has 2 heterocycles. The molecule has 1 aliphatic heterocycles. The molecule has 0 spiro atoms. The molecule has 1 amide bonds. The quantitative estimate of drug-likeness (QED) is 0.702. The number of benzene rings is 2. The van der Waals surface area contributed by atoms with Gasteiger partial charge < -0.3 is 10.1 Å². The number of alkyl carbamates (subject to hydrolysis) is 1. The summed E-state index contributed by atoms with van der Waals surface area (Å²) in [5.74, 6) is -0.382. The van der Waals surface area contributed by atoms with Crippen molar-refractivity contribution in [3.05, 3.63) is 89.0 Å². The molecular formula is C20H14ClFN2O2. The fourth-order valence-corrected chi connectivity index (χ4v) is 3.34. The molecule has 0 aliphatic carbocycles. The van der Waals surface area contributed by atoms with Crippen molar-refractivity contribution < 1.29 is 13.9 Å². The smallest absolute Gasteiger partial charge is 0.408 e. The van der Waals surface area contributed by atoms with Crippen molar-refractivity contribution in [2.24, 2.45) is 0 Å². The number of carbonyl (C=O) groups excluding carboxylic acids is 1. The average molecular weight is 369 g/mol. The molecule has 1 aliphatic rings. The Morgan fingerprint density at radius 3 is 2.69 bits per heavy atom. The summed E-state index contributed by atoms with van der Waals surface area (Å²) in [5.41, 5.74) is 3.00. The maximum atomic E-state index is 13.6. The van der Waals surface area contributed by atoms with Crippen LogP contribution < -0.4 is 5.32 Å². The Kier molecular flexibility index (Phi) is 4.31. The number of cyclic esters (lactones) is 1. The van der Waals surface area contributed by atoms with Crippen LogP contribution in [0.5, 0.6) is 0 Å². The molecule has 6 heteroatoms. The molecule has 2 aromatic carbocycles. The summed E-state index contributed by atoms with van der Waals surface area (Å²) in [7, 11) is 0. The fraction of sp³-hybridized carbons (Fsp3) is 0.100. The lowest BCUT2D eigenvalue weighted by atomic mass is 9.95. The minimum Gasteiger partial charge on any atom is -0.439 e. The summed E-state index contributed by atoms with van der Waals surface area (Å²) in [6.07, 6.45) is 2.18. The van der Waals surface area contributed by atoms with Crippen molar-refractivity contribution in [3.63, 3.8) is 0 Å². The van der Waals surface area contributed by atoms with Gasteiger partial charge in [0.05, 0.1) is 0 Å². The lowest BCUT2D eigenvalue weighted by molar-refractivity contribution is 0.132. The predicted molar refractivity (Wildman–Crippen MR) is 96.2 cm³/mol. The first-order chi connectivity index (χ1) is 12.6. The number of pyridine rings is 1. The number of hydrogen-bond acceptors (Lipinski definition) is 3. The number of aromatic nitrogens is 1. The minimum atomic E-state index is -0.638. The van der Waals surface area contributed by atoms with Crippen LogP contribution in [0.15, 0.2) is 67.0 Å². The number of rotatable bonds is 3. The summed E-state index contributed by atoms with van der Waals surface area (Å²) in [4.78, 5) is 16.1. The van der Waals surface area contributed by atoms with Crippen LogP contribution in [0.25, 0.3) is 11.1 Å². The number of nitrogens with one attached hydrogen (secondary N) is 1. The number of nitrogens with zero attached hydrogens (tertiary/aromatic N) is 1. The van der Waals surface area contributed by atoms with Gasteiger partial charge in [0.25, 0.3) is 0 Å². The van der Waals surface area contributed by atoms with Crippen molar-refractivity contribution >= 4 is 17.7 Å². The molecule has 130 valence electrons. The van der Waals surface area contributed by atoms with E-state index >= 15 is 0 Å². The standard InChI is InChI=1S/C20H14ClFN2O2/c21-17-7-2-1-6-16(17)13-8-14(11-23-10-13)18-19(26-20(25)24-18)12-4-3-5-15(22)9-12/h1-11,18-19H,(H,24,25)/t18-,19?/m1/s1. The zero-order valence-corrected chi connectivity index (χ0v) is 14.3. The lowest BCUT2D eigenvalue weighted by Crippen LogP contribution is -2.19. The number of carbonyl (C=O) groups is 1. The van der Waals surface area contributed by atoms with Gasteiger partial charge >= 0.3 is 6.09 Å². The maximum absolute atomic E-state index is 13.6. The van der Waals surface area contributed by atoms with Gasteiger partial charge in [-0.15, -0.1) is 0 Å². The Labute approximate surface area is 154 Å². The molecule has 1 unspecified atom stereocenters. The Bertz CT molecular complexity index is 979. The van der Waals surface area contributed by atoms with Crippen molar-refractivity contribution in [3.8, 4) is 11.1 Å². The molecule has 2 atom stereocenters. The molecule has 4 rings (SSSR count). The van der Waals surface area contributed by atoms with E-state index in [1.54, 1.807) is 30.6 Å². The Hall–Kier alpha value is -2.92. The summed E-state index contributed by atoms with van der Waals surface area (Å²) in [6.45, 7) is 0. The lowest BCUT2D eigenvalue weighted by Gasteiger charge is -2.18. The second kappa shape index (κ2) is 6.77.